The predicted molar refractivity (Wildman–Crippen MR) is 127 cm³/mol. The number of anilines is 2. The van der Waals surface area contributed by atoms with Gasteiger partial charge in [0.25, 0.3) is 5.91 Å². The zero-order chi connectivity index (χ0) is 21.8. The number of aryl methyl sites for hydroxylation is 1. The molecule has 2 N–H and O–H groups in total. The molecule has 0 aromatic carbocycles. The van der Waals surface area contributed by atoms with Crippen LogP contribution in [0.3, 0.4) is 0 Å². The lowest BCUT2D eigenvalue weighted by atomic mass is 9.86. The highest BCUT2D eigenvalue weighted by atomic mass is 79.9. The Bertz CT molecular complexity index is 926. The van der Waals surface area contributed by atoms with Gasteiger partial charge < -0.3 is 15.5 Å². The Hall–Kier alpha value is -2.22. The van der Waals surface area contributed by atoms with Gasteiger partial charge in [-0.25, -0.2) is 4.98 Å². The van der Waals surface area contributed by atoms with Crippen molar-refractivity contribution < 1.29 is 4.79 Å². The molecule has 2 aromatic heterocycles. The third kappa shape index (κ3) is 5.53. The minimum atomic E-state index is -0.0623. The van der Waals surface area contributed by atoms with Crippen LogP contribution in [0.1, 0.15) is 60.1 Å². The molecule has 7 nitrogen and oxygen atoms in total. The fourth-order valence-corrected chi connectivity index (χ4v) is 4.94. The number of carbonyl (C=O) groups is 1. The van der Waals surface area contributed by atoms with E-state index in [-0.39, 0.29) is 5.91 Å². The number of amides is 1. The van der Waals surface area contributed by atoms with Crippen molar-refractivity contribution in [3.8, 4) is 0 Å². The molecule has 1 fully saturated rings. The SMILES string of the molecule is CN(C)c1nc(NC2CCC(CNC(=O)c3cncc(Br)c3)CC2)nc2c1CCCC2. The first-order valence-corrected chi connectivity index (χ1v) is 12.0. The van der Waals surface area contributed by atoms with Gasteiger partial charge in [-0.15, -0.1) is 0 Å². The van der Waals surface area contributed by atoms with Gasteiger partial charge in [-0.1, -0.05) is 0 Å². The number of aromatic nitrogens is 3. The van der Waals surface area contributed by atoms with Gasteiger partial charge in [0.1, 0.15) is 5.82 Å². The lowest BCUT2D eigenvalue weighted by Gasteiger charge is -2.30. The number of hydrogen-bond acceptors (Lipinski definition) is 6. The van der Waals surface area contributed by atoms with Gasteiger partial charge in [-0.2, -0.15) is 4.98 Å². The Morgan fingerprint density at radius 2 is 1.90 bits per heavy atom. The molecule has 31 heavy (non-hydrogen) atoms. The summed E-state index contributed by atoms with van der Waals surface area (Å²) in [4.78, 5) is 28.2. The summed E-state index contributed by atoms with van der Waals surface area (Å²) in [6.45, 7) is 0.707. The fourth-order valence-electron chi connectivity index (χ4n) is 4.58. The number of rotatable bonds is 6. The second-order valence-corrected chi connectivity index (χ2v) is 9.78. The maximum absolute atomic E-state index is 12.3. The highest BCUT2D eigenvalue weighted by Crippen LogP contribution is 2.30. The van der Waals surface area contributed by atoms with Crippen LogP contribution < -0.4 is 15.5 Å². The van der Waals surface area contributed by atoms with E-state index >= 15 is 0 Å². The van der Waals surface area contributed by atoms with Crippen LogP contribution in [0.2, 0.25) is 0 Å². The van der Waals surface area contributed by atoms with Crippen molar-refractivity contribution in [1.82, 2.24) is 20.3 Å². The van der Waals surface area contributed by atoms with Crippen LogP contribution in [0.15, 0.2) is 22.9 Å². The van der Waals surface area contributed by atoms with Crippen molar-refractivity contribution in [3.63, 3.8) is 0 Å². The summed E-state index contributed by atoms with van der Waals surface area (Å²) in [6, 6.07) is 2.18. The van der Waals surface area contributed by atoms with Crippen molar-refractivity contribution in [2.45, 2.75) is 57.4 Å². The summed E-state index contributed by atoms with van der Waals surface area (Å²) in [5.41, 5.74) is 3.12. The maximum atomic E-state index is 12.3. The summed E-state index contributed by atoms with van der Waals surface area (Å²) < 4.78 is 0.813. The molecule has 0 spiro atoms. The number of carbonyl (C=O) groups excluding carboxylic acids is 1. The van der Waals surface area contributed by atoms with E-state index in [2.05, 4.69) is 50.5 Å². The second kappa shape index (κ2) is 9.94. The second-order valence-electron chi connectivity index (χ2n) is 8.86. The average Bonchev–Trinajstić information content (AvgIpc) is 2.77. The van der Waals surface area contributed by atoms with Gasteiger partial charge in [0, 0.05) is 49.1 Å². The molecule has 8 heteroatoms. The minimum Gasteiger partial charge on any atom is -0.362 e. The first kappa shape index (κ1) is 22.0. The first-order chi connectivity index (χ1) is 15.0. The highest BCUT2D eigenvalue weighted by molar-refractivity contribution is 9.10. The van der Waals surface area contributed by atoms with Crippen LogP contribution in [-0.4, -0.2) is 47.5 Å². The lowest BCUT2D eigenvalue weighted by Crippen LogP contribution is -2.34. The summed E-state index contributed by atoms with van der Waals surface area (Å²) >= 11 is 3.36. The summed E-state index contributed by atoms with van der Waals surface area (Å²) in [5.74, 6) is 2.27. The number of hydrogen-bond donors (Lipinski definition) is 2. The van der Waals surface area contributed by atoms with Crippen LogP contribution in [-0.2, 0) is 12.8 Å². The van der Waals surface area contributed by atoms with Crippen LogP contribution in [0, 0.1) is 5.92 Å². The zero-order valence-electron chi connectivity index (χ0n) is 18.3. The largest absolute Gasteiger partial charge is 0.362 e. The van der Waals surface area contributed by atoms with Gasteiger partial charge in [0.15, 0.2) is 0 Å². The number of halogens is 1. The van der Waals surface area contributed by atoms with Crippen molar-refractivity contribution in [1.29, 1.82) is 0 Å². The Labute approximate surface area is 192 Å². The zero-order valence-corrected chi connectivity index (χ0v) is 19.9. The van der Waals surface area contributed by atoms with E-state index in [0.29, 0.717) is 24.1 Å². The Balaban J connectivity index is 1.29. The lowest BCUT2D eigenvalue weighted by molar-refractivity contribution is 0.0943. The molecule has 0 aliphatic heterocycles. The van der Waals surface area contributed by atoms with Crippen molar-refractivity contribution in [3.05, 3.63) is 39.8 Å². The van der Waals surface area contributed by atoms with Crippen LogP contribution in [0.25, 0.3) is 0 Å². The highest BCUT2D eigenvalue weighted by Gasteiger charge is 2.24. The summed E-state index contributed by atoms with van der Waals surface area (Å²) in [6.07, 6.45) is 12.1. The van der Waals surface area contributed by atoms with Gasteiger partial charge >= 0.3 is 0 Å². The molecule has 0 atom stereocenters. The molecule has 0 bridgehead atoms. The topological polar surface area (TPSA) is 83.0 Å². The van der Waals surface area contributed by atoms with Gasteiger partial charge in [0.05, 0.1) is 11.3 Å². The van der Waals surface area contributed by atoms with E-state index in [0.717, 1.165) is 54.8 Å². The standard InChI is InChI=1S/C23H31BrN6O/c1-30(2)21-19-5-3-4-6-20(19)28-23(29-21)27-18-9-7-15(8-10-18)12-26-22(31)16-11-17(24)14-25-13-16/h11,13-15,18H,3-10,12H2,1-2H3,(H,26,31)(H,27,28,29). The van der Waals surface area contributed by atoms with Crippen molar-refractivity contribution in [2.24, 2.45) is 5.92 Å². The number of pyridine rings is 1. The van der Waals surface area contributed by atoms with Gasteiger partial charge in [-0.05, 0) is 79.3 Å². The Morgan fingerprint density at radius 1 is 1.13 bits per heavy atom. The quantitative estimate of drug-likeness (QED) is 0.642. The number of nitrogens with one attached hydrogen (secondary N) is 2. The Kier molecular flexibility index (Phi) is 7.05. The first-order valence-electron chi connectivity index (χ1n) is 11.2. The monoisotopic (exact) mass is 486 g/mol. The molecule has 0 radical (unpaired) electrons. The number of fused-ring (bicyclic) bond motifs is 1. The summed E-state index contributed by atoms with van der Waals surface area (Å²) in [7, 11) is 4.12. The molecule has 0 saturated heterocycles. The third-order valence-electron chi connectivity index (χ3n) is 6.28. The predicted octanol–water partition coefficient (Wildman–Crippen LogP) is 3.98. The summed E-state index contributed by atoms with van der Waals surface area (Å²) in [5, 5.41) is 6.66. The van der Waals surface area contributed by atoms with E-state index in [9.17, 15) is 4.79 Å². The molecule has 166 valence electrons. The molecule has 4 rings (SSSR count). The third-order valence-corrected chi connectivity index (χ3v) is 6.72. The van der Waals surface area contributed by atoms with E-state index in [1.807, 2.05) is 0 Å². The molecule has 0 unspecified atom stereocenters. The van der Waals surface area contributed by atoms with Crippen LogP contribution >= 0.6 is 15.9 Å². The van der Waals surface area contributed by atoms with Crippen molar-refractivity contribution >= 4 is 33.6 Å². The molecule has 2 aromatic rings. The number of nitrogens with zero attached hydrogens (tertiary/aromatic N) is 4. The molecular weight excluding hydrogens is 456 g/mol. The van der Waals surface area contributed by atoms with E-state index < -0.39 is 0 Å². The van der Waals surface area contributed by atoms with E-state index in [1.165, 1.54) is 24.1 Å². The average molecular weight is 487 g/mol. The molecule has 2 aliphatic rings. The molecular formula is C23H31BrN6O. The fraction of sp³-hybridized carbons (Fsp3) is 0.565. The molecule has 1 saturated carbocycles. The van der Waals surface area contributed by atoms with Gasteiger partial charge in [0.2, 0.25) is 5.95 Å². The maximum Gasteiger partial charge on any atom is 0.252 e. The van der Waals surface area contributed by atoms with Gasteiger partial charge in [-0.3, -0.25) is 9.78 Å². The molecule has 2 aliphatic carbocycles. The molecule has 2 heterocycles. The smallest absolute Gasteiger partial charge is 0.252 e. The van der Waals surface area contributed by atoms with E-state index in [4.69, 9.17) is 9.97 Å². The Morgan fingerprint density at radius 3 is 2.65 bits per heavy atom. The molecule has 1 amide bonds. The van der Waals surface area contributed by atoms with Crippen molar-refractivity contribution in [2.75, 3.05) is 30.9 Å². The minimum absolute atomic E-state index is 0.0623. The normalized spacial score (nSPS) is 20.6. The van der Waals surface area contributed by atoms with Crippen LogP contribution in [0.4, 0.5) is 11.8 Å². The van der Waals surface area contributed by atoms with Crippen LogP contribution in [0.5, 0.6) is 0 Å². The van der Waals surface area contributed by atoms with E-state index in [1.54, 1.807) is 18.5 Å².